The highest BCUT2D eigenvalue weighted by atomic mass is 16.2. The summed E-state index contributed by atoms with van der Waals surface area (Å²) >= 11 is 0. The Morgan fingerprint density at radius 2 is 1.94 bits per heavy atom. The quantitative estimate of drug-likeness (QED) is 0.572. The van der Waals surface area contributed by atoms with E-state index in [4.69, 9.17) is 0 Å². The summed E-state index contributed by atoms with van der Waals surface area (Å²) in [6.45, 7) is 3.58. The smallest absolute Gasteiger partial charge is 0.246 e. The number of nitrogens with one attached hydrogen (secondary N) is 1. The predicted molar refractivity (Wildman–Crippen MR) is 118 cm³/mol. The van der Waals surface area contributed by atoms with Gasteiger partial charge in [0.1, 0.15) is 6.54 Å². The third-order valence-corrected chi connectivity index (χ3v) is 5.82. The van der Waals surface area contributed by atoms with E-state index in [1.807, 2.05) is 35.2 Å². The molecule has 2 aromatic rings. The largest absolute Gasteiger partial charge is 0.352 e. The summed E-state index contributed by atoms with van der Waals surface area (Å²) in [6.07, 6.45) is 5.14. The lowest BCUT2D eigenvalue weighted by Crippen LogP contribution is -2.55. The van der Waals surface area contributed by atoms with Gasteiger partial charge in [-0.1, -0.05) is 24.3 Å². The van der Waals surface area contributed by atoms with Crippen LogP contribution in [0.15, 0.2) is 41.7 Å². The molecule has 1 aromatic carbocycles. The molecule has 2 aliphatic heterocycles. The highest BCUT2D eigenvalue weighted by Crippen LogP contribution is 2.18. The standard InChI is InChI=1S/C22H29N7O2/c1-23-22(28-10-11-29(21(31)16-28)19-13-25-26(2)15-19)24-12-17-6-3-4-7-18(17)14-27-9-5-8-20(27)30/h3-4,6-7,13,15H,5,8-12,14,16H2,1-2H3,(H,23,24). The fraction of sp³-hybridized carbons (Fsp3) is 0.455. The van der Waals surface area contributed by atoms with Crippen molar-refractivity contribution in [2.45, 2.75) is 25.9 Å². The molecule has 31 heavy (non-hydrogen) atoms. The Bertz CT molecular complexity index is 984. The molecule has 2 aliphatic rings. The van der Waals surface area contributed by atoms with Gasteiger partial charge in [-0.2, -0.15) is 5.10 Å². The number of nitrogens with zero attached hydrogens (tertiary/aromatic N) is 6. The molecule has 2 saturated heterocycles. The van der Waals surface area contributed by atoms with E-state index in [1.165, 1.54) is 0 Å². The van der Waals surface area contributed by atoms with Gasteiger partial charge in [-0.25, -0.2) is 0 Å². The molecular weight excluding hydrogens is 394 g/mol. The average molecular weight is 424 g/mol. The van der Waals surface area contributed by atoms with Crippen LogP contribution in [0, 0.1) is 0 Å². The molecule has 1 aromatic heterocycles. The van der Waals surface area contributed by atoms with Gasteiger partial charge in [0.15, 0.2) is 5.96 Å². The number of hydrogen-bond donors (Lipinski definition) is 1. The number of aliphatic imine (C=N–C) groups is 1. The highest BCUT2D eigenvalue weighted by molar-refractivity contribution is 5.98. The van der Waals surface area contributed by atoms with Crippen molar-refractivity contribution in [1.82, 2.24) is 24.9 Å². The molecule has 2 amide bonds. The van der Waals surface area contributed by atoms with Crippen LogP contribution in [0.25, 0.3) is 0 Å². The molecule has 0 radical (unpaired) electrons. The second-order valence-electron chi connectivity index (χ2n) is 7.93. The number of amides is 2. The Balaban J connectivity index is 1.37. The maximum absolute atomic E-state index is 12.7. The number of carbonyl (C=O) groups excluding carboxylic acids is 2. The van der Waals surface area contributed by atoms with Crippen molar-refractivity contribution in [2.75, 3.05) is 38.1 Å². The number of aromatic nitrogens is 2. The fourth-order valence-corrected chi connectivity index (χ4v) is 4.14. The van der Waals surface area contributed by atoms with Crippen LogP contribution in [-0.4, -0.2) is 70.6 Å². The van der Waals surface area contributed by atoms with Crippen molar-refractivity contribution in [3.63, 3.8) is 0 Å². The molecule has 0 unspecified atom stereocenters. The second kappa shape index (κ2) is 9.20. The van der Waals surface area contributed by atoms with E-state index in [-0.39, 0.29) is 18.4 Å². The fourth-order valence-electron chi connectivity index (χ4n) is 4.14. The molecule has 0 saturated carbocycles. The Hall–Kier alpha value is -3.36. The van der Waals surface area contributed by atoms with E-state index < -0.39 is 0 Å². The van der Waals surface area contributed by atoms with Crippen molar-refractivity contribution in [1.29, 1.82) is 0 Å². The molecule has 9 heteroatoms. The Morgan fingerprint density at radius 3 is 2.58 bits per heavy atom. The van der Waals surface area contributed by atoms with Crippen LogP contribution in [0.3, 0.4) is 0 Å². The lowest BCUT2D eigenvalue weighted by Gasteiger charge is -2.35. The number of hydrogen-bond acceptors (Lipinski definition) is 4. The van der Waals surface area contributed by atoms with E-state index in [2.05, 4.69) is 27.5 Å². The molecular formula is C22H29N7O2. The van der Waals surface area contributed by atoms with Crippen LogP contribution in [0.5, 0.6) is 0 Å². The van der Waals surface area contributed by atoms with Crippen LogP contribution < -0.4 is 10.2 Å². The number of anilines is 1. The number of piperazine rings is 1. The molecule has 3 heterocycles. The first-order valence-electron chi connectivity index (χ1n) is 10.6. The normalized spacial score (nSPS) is 17.6. The van der Waals surface area contributed by atoms with Crippen molar-refractivity contribution in [2.24, 2.45) is 12.0 Å². The molecule has 0 spiro atoms. The van der Waals surface area contributed by atoms with Crippen molar-refractivity contribution in [3.8, 4) is 0 Å². The van der Waals surface area contributed by atoms with E-state index in [0.717, 1.165) is 29.8 Å². The number of carbonyl (C=O) groups is 2. The van der Waals surface area contributed by atoms with Gasteiger partial charge in [-0.05, 0) is 17.5 Å². The third-order valence-electron chi connectivity index (χ3n) is 5.82. The van der Waals surface area contributed by atoms with Crippen molar-refractivity contribution in [3.05, 3.63) is 47.8 Å². The van der Waals surface area contributed by atoms with Crippen LogP contribution in [-0.2, 0) is 29.7 Å². The van der Waals surface area contributed by atoms with Gasteiger partial charge in [0, 0.05) is 59.4 Å². The maximum Gasteiger partial charge on any atom is 0.246 e. The van der Waals surface area contributed by atoms with Gasteiger partial charge in [0.2, 0.25) is 11.8 Å². The highest BCUT2D eigenvalue weighted by Gasteiger charge is 2.28. The number of guanidine groups is 1. The molecule has 9 nitrogen and oxygen atoms in total. The van der Waals surface area contributed by atoms with Gasteiger partial charge in [-0.3, -0.25) is 19.3 Å². The van der Waals surface area contributed by atoms with E-state index in [1.54, 1.807) is 22.8 Å². The predicted octanol–water partition coefficient (Wildman–Crippen LogP) is 0.967. The first kappa shape index (κ1) is 20.9. The summed E-state index contributed by atoms with van der Waals surface area (Å²) in [4.78, 5) is 34.8. The number of rotatable bonds is 5. The number of likely N-dealkylation sites (tertiary alicyclic amines) is 1. The minimum absolute atomic E-state index is 0.0233. The minimum Gasteiger partial charge on any atom is -0.352 e. The SMILES string of the molecule is CN=C(NCc1ccccc1CN1CCCC1=O)N1CCN(c2cnn(C)c2)C(=O)C1. The van der Waals surface area contributed by atoms with E-state index in [0.29, 0.717) is 38.6 Å². The molecule has 1 N–H and O–H groups in total. The van der Waals surface area contributed by atoms with Crippen molar-refractivity contribution < 1.29 is 9.59 Å². The van der Waals surface area contributed by atoms with Gasteiger partial charge < -0.3 is 20.0 Å². The molecule has 4 rings (SSSR count). The van der Waals surface area contributed by atoms with E-state index >= 15 is 0 Å². The Labute approximate surface area is 182 Å². The van der Waals surface area contributed by atoms with Crippen molar-refractivity contribution >= 4 is 23.5 Å². The van der Waals surface area contributed by atoms with Crippen LogP contribution in [0.4, 0.5) is 5.69 Å². The topological polar surface area (TPSA) is 86.1 Å². The van der Waals surface area contributed by atoms with Crippen LogP contribution in [0.2, 0.25) is 0 Å². The summed E-state index contributed by atoms with van der Waals surface area (Å²) in [6, 6.07) is 8.15. The molecule has 0 aliphatic carbocycles. The Morgan fingerprint density at radius 1 is 1.13 bits per heavy atom. The van der Waals surface area contributed by atoms with Crippen LogP contribution >= 0.6 is 0 Å². The van der Waals surface area contributed by atoms with Gasteiger partial charge in [0.05, 0.1) is 11.9 Å². The zero-order valence-electron chi connectivity index (χ0n) is 18.1. The van der Waals surface area contributed by atoms with Gasteiger partial charge >= 0.3 is 0 Å². The van der Waals surface area contributed by atoms with E-state index in [9.17, 15) is 9.59 Å². The monoisotopic (exact) mass is 423 g/mol. The summed E-state index contributed by atoms with van der Waals surface area (Å²) in [7, 11) is 3.57. The summed E-state index contributed by atoms with van der Waals surface area (Å²) in [5.41, 5.74) is 3.09. The Kier molecular flexibility index (Phi) is 6.20. The zero-order valence-corrected chi connectivity index (χ0v) is 18.1. The van der Waals surface area contributed by atoms with Gasteiger partial charge in [0.25, 0.3) is 0 Å². The summed E-state index contributed by atoms with van der Waals surface area (Å²) < 4.78 is 1.70. The van der Waals surface area contributed by atoms with Gasteiger partial charge in [-0.15, -0.1) is 0 Å². The molecule has 2 fully saturated rings. The minimum atomic E-state index is 0.0233. The molecule has 0 bridgehead atoms. The number of benzene rings is 1. The first-order chi connectivity index (χ1) is 15.0. The average Bonchev–Trinajstić information content (AvgIpc) is 3.38. The zero-order chi connectivity index (χ0) is 21.8. The lowest BCUT2D eigenvalue weighted by atomic mass is 10.1. The summed E-state index contributed by atoms with van der Waals surface area (Å²) in [5, 5.41) is 7.55. The molecule has 0 atom stereocenters. The second-order valence-corrected chi connectivity index (χ2v) is 7.93. The number of aryl methyl sites for hydroxylation is 1. The summed E-state index contributed by atoms with van der Waals surface area (Å²) in [5.74, 6) is 0.949. The lowest BCUT2D eigenvalue weighted by molar-refractivity contribution is -0.128. The third kappa shape index (κ3) is 4.70. The maximum atomic E-state index is 12.7. The molecule has 164 valence electrons. The first-order valence-corrected chi connectivity index (χ1v) is 10.6. The van der Waals surface area contributed by atoms with Crippen LogP contribution in [0.1, 0.15) is 24.0 Å².